The highest BCUT2D eigenvalue weighted by Gasteiger charge is 2.23. The number of carboxylic acid groups (broad SMARTS) is 1. The predicted octanol–water partition coefficient (Wildman–Crippen LogP) is 3.83. The number of rotatable bonds is 5. The summed E-state index contributed by atoms with van der Waals surface area (Å²) >= 11 is 0. The number of nitrogens with zero attached hydrogens (tertiary/aromatic N) is 1. The topological polar surface area (TPSA) is 66.8 Å². The third-order valence-corrected chi connectivity index (χ3v) is 3.10. The molecule has 1 aromatic rings. The van der Waals surface area contributed by atoms with Gasteiger partial charge in [-0.3, -0.25) is 4.79 Å². The molecule has 5 heteroatoms. The van der Waals surface area contributed by atoms with Crippen LogP contribution in [0.3, 0.4) is 0 Å². The molecule has 1 N–H and O–H groups in total. The molecule has 1 atom stereocenters. The van der Waals surface area contributed by atoms with E-state index in [9.17, 15) is 9.59 Å². The lowest BCUT2D eigenvalue weighted by Crippen LogP contribution is -2.32. The van der Waals surface area contributed by atoms with Crippen molar-refractivity contribution in [2.45, 2.75) is 53.0 Å². The molecule has 2 rings (SSSR count). The summed E-state index contributed by atoms with van der Waals surface area (Å²) in [5.41, 5.74) is 0.234. The first-order valence-electron chi connectivity index (χ1n) is 8.29. The van der Waals surface area contributed by atoms with Crippen LogP contribution >= 0.6 is 0 Å². The average Bonchev–Trinajstić information content (AvgIpc) is 3.03. The zero-order valence-electron chi connectivity index (χ0n) is 14.6. The van der Waals surface area contributed by atoms with Crippen LogP contribution in [-0.2, 0) is 4.79 Å². The Morgan fingerprint density at radius 3 is 2.35 bits per heavy atom. The van der Waals surface area contributed by atoms with Crippen LogP contribution in [0.15, 0.2) is 24.3 Å². The zero-order chi connectivity index (χ0) is 17.7. The molecule has 1 aliphatic rings. The van der Waals surface area contributed by atoms with Crippen molar-refractivity contribution in [1.82, 2.24) is 4.90 Å². The predicted molar refractivity (Wildman–Crippen MR) is 92.0 cm³/mol. The molecule has 0 aliphatic carbocycles. The first-order valence-corrected chi connectivity index (χ1v) is 8.29. The lowest BCUT2D eigenvalue weighted by Gasteiger charge is -2.20. The largest absolute Gasteiger partial charge is 0.491 e. The summed E-state index contributed by atoms with van der Waals surface area (Å²) in [7, 11) is 0. The van der Waals surface area contributed by atoms with E-state index in [4.69, 9.17) is 9.84 Å². The van der Waals surface area contributed by atoms with Gasteiger partial charge in [0.1, 0.15) is 12.4 Å². The number of amides is 1. The highest BCUT2D eigenvalue weighted by Crippen LogP contribution is 2.18. The van der Waals surface area contributed by atoms with E-state index < -0.39 is 5.97 Å². The minimum Gasteiger partial charge on any atom is -0.491 e. The van der Waals surface area contributed by atoms with Gasteiger partial charge in [0.25, 0.3) is 0 Å². The molecule has 0 saturated carbocycles. The van der Waals surface area contributed by atoms with Crippen molar-refractivity contribution in [1.29, 1.82) is 0 Å². The average molecular weight is 323 g/mol. The Labute approximate surface area is 139 Å². The Kier molecular flexibility index (Phi) is 11.4. The summed E-state index contributed by atoms with van der Waals surface area (Å²) in [6, 6.07) is 6.39. The lowest BCUT2D eigenvalue weighted by molar-refractivity contribution is -0.119. The smallest absolute Gasteiger partial charge is 0.335 e. The minimum absolute atomic E-state index is 0.127. The van der Waals surface area contributed by atoms with E-state index in [0.717, 1.165) is 25.8 Å². The molecule has 1 fully saturated rings. The van der Waals surface area contributed by atoms with Crippen LogP contribution in [0, 0.1) is 0 Å². The molecule has 1 saturated heterocycles. The highest BCUT2D eigenvalue weighted by molar-refractivity contribution is 5.87. The standard InChI is InChI=1S/C13H15NO4.C3H8.C2H6/c15-9-14-7-1-2-11(14)8-18-12-5-3-10(4-6-12)13(16)17;1-3-2;1-2/h3-6,9,11H,1-2,7-8H2,(H,16,17);3H2,1-2H3;1-2H3. The molecule has 0 aromatic heterocycles. The molecule has 23 heavy (non-hydrogen) atoms. The van der Waals surface area contributed by atoms with Gasteiger partial charge in [0.2, 0.25) is 6.41 Å². The summed E-state index contributed by atoms with van der Waals surface area (Å²) in [6.07, 6.45) is 4.06. The molecule has 5 nitrogen and oxygen atoms in total. The fourth-order valence-corrected chi connectivity index (χ4v) is 2.06. The maximum atomic E-state index is 10.8. The minimum atomic E-state index is -0.954. The van der Waals surface area contributed by atoms with Gasteiger partial charge in [-0.1, -0.05) is 34.1 Å². The van der Waals surface area contributed by atoms with Crippen molar-refractivity contribution in [3.8, 4) is 5.75 Å². The van der Waals surface area contributed by atoms with Gasteiger partial charge < -0.3 is 14.7 Å². The zero-order valence-corrected chi connectivity index (χ0v) is 14.6. The molecule has 1 aromatic carbocycles. The summed E-state index contributed by atoms with van der Waals surface area (Å²) < 4.78 is 5.56. The molecular weight excluding hydrogens is 294 g/mol. The molecule has 130 valence electrons. The quantitative estimate of drug-likeness (QED) is 0.836. The van der Waals surface area contributed by atoms with Gasteiger partial charge in [-0.05, 0) is 37.1 Å². The number of carbonyl (C=O) groups excluding carboxylic acids is 1. The Hall–Kier alpha value is -2.04. The van der Waals surface area contributed by atoms with Gasteiger partial charge in [0.15, 0.2) is 0 Å². The van der Waals surface area contributed by atoms with Gasteiger partial charge in [-0.15, -0.1) is 0 Å². The summed E-state index contributed by atoms with van der Waals surface area (Å²) in [5.74, 6) is -0.331. The number of hydrogen-bond acceptors (Lipinski definition) is 3. The Bertz CT molecular complexity index is 445. The number of carboxylic acids is 1. The molecule has 0 bridgehead atoms. The molecule has 1 amide bonds. The number of aromatic carboxylic acids is 1. The van der Waals surface area contributed by atoms with Crippen LogP contribution in [0.2, 0.25) is 0 Å². The van der Waals surface area contributed by atoms with Crippen LogP contribution in [0.25, 0.3) is 0 Å². The van der Waals surface area contributed by atoms with Gasteiger partial charge >= 0.3 is 5.97 Å². The van der Waals surface area contributed by atoms with Gasteiger partial charge in [0.05, 0.1) is 11.6 Å². The number of benzene rings is 1. The highest BCUT2D eigenvalue weighted by atomic mass is 16.5. The Balaban J connectivity index is 0.000000868. The molecule has 1 unspecified atom stereocenters. The maximum Gasteiger partial charge on any atom is 0.335 e. The van der Waals surface area contributed by atoms with Gasteiger partial charge in [-0.2, -0.15) is 0 Å². The molecular formula is C18H29NO4. The first-order chi connectivity index (χ1) is 11.1. The van der Waals surface area contributed by atoms with E-state index in [1.54, 1.807) is 17.0 Å². The number of likely N-dealkylation sites (tertiary alicyclic amines) is 1. The van der Waals surface area contributed by atoms with Crippen molar-refractivity contribution in [3.63, 3.8) is 0 Å². The van der Waals surface area contributed by atoms with Gasteiger partial charge in [-0.25, -0.2) is 4.79 Å². The fourth-order valence-electron chi connectivity index (χ4n) is 2.06. The Morgan fingerprint density at radius 1 is 1.30 bits per heavy atom. The SMILES string of the molecule is CC.CCC.O=CN1CCCC1COc1ccc(C(=O)O)cc1. The van der Waals surface area contributed by atoms with E-state index in [-0.39, 0.29) is 11.6 Å². The van der Waals surface area contributed by atoms with Crippen molar-refractivity contribution < 1.29 is 19.4 Å². The third-order valence-electron chi connectivity index (χ3n) is 3.10. The first kappa shape index (κ1) is 21.0. The van der Waals surface area contributed by atoms with Crippen LogP contribution < -0.4 is 4.74 Å². The van der Waals surface area contributed by atoms with Crippen LogP contribution in [0.1, 0.15) is 57.3 Å². The summed E-state index contributed by atoms with van der Waals surface area (Å²) in [4.78, 5) is 23.2. The second-order valence-electron chi connectivity index (χ2n) is 4.99. The van der Waals surface area contributed by atoms with E-state index in [1.165, 1.54) is 18.6 Å². The molecule has 0 spiro atoms. The normalized spacial score (nSPS) is 15.7. The van der Waals surface area contributed by atoms with Crippen LogP contribution in [0.4, 0.5) is 0 Å². The third kappa shape index (κ3) is 7.68. The van der Waals surface area contributed by atoms with Crippen LogP contribution in [0.5, 0.6) is 5.75 Å². The second kappa shape index (κ2) is 12.5. The molecule has 0 radical (unpaired) electrons. The lowest BCUT2D eigenvalue weighted by atomic mass is 10.2. The Morgan fingerprint density at radius 2 is 1.87 bits per heavy atom. The summed E-state index contributed by atoms with van der Waals surface area (Å²) in [5, 5.41) is 8.76. The number of ether oxygens (including phenoxy) is 1. The summed E-state index contributed by atoms with van der Waals surface area (Å²) in [6.45, 7) is 9.49. The monoisotopic (exact) mass is 323 g/mol. The van der Waals surface area contributed by atoms with Crippen molar-refractivity contribution in [2.24, 2.45) is 0 Å². The van der Waals surface area contributed by atoms with E-state index >= 15 is 0 Å². The van der Waals surface area contributed by atoms with Crippen molar-refractivity contribution in [3.05, 3.63) is 29.8 Å². The number of carbonyl (C=O) groups is 2. The van der Waals surface area contributed by atoms with Crippen molar-refractivity contribution in [2.75, 3.05) is 13.2 Å². The van der Waals surface area contributed by atoms with E-state index in [1.807, 2.05) is 13.8 Å². The van der Waals surface area contributed by atoms with Crippen LogP contribution in [-0.4, -0.2) is 41.6 Å². The second-order valence-corrected chi connectivity index (χ2v) is 4.99. The van der Waals surface area contributed by atoms with Gasteiger partial charge in [0, 0.05) is 6.54 Å². The fraction of sp³-hybridized carbons (Fsp3) is 0.556. The van der Waals surface area contributed by atoms with E-state index in [2.05, 4.69) is 13.8 Å². The molecule has 1 aliphatic heterocycles. The van der Waals surface area contributed by atoms with Crippen molar-refractivity contribution >= 4 is 12.4 Å². The maximum absolute atomic E-state index is 10.8. The number of hydrogen-bond donors (Lipinski definition) is 1. The van der Waals surface area contributed by atoms with E-state index in [0.29, 0.717) is 12.4 Å². The molecule has 1 heterocycles.